The molecule has 108 valence electrons. The molecule has 0 aliphatic heterocycles. The highest BCUT2D eigenvalue weighted by Gasteiger charge is 2.14. The molecule has 0 saturated heterocycles. The quantitative estimate of drug-likeness (QED) is 0.887. The van der Waals surface area contributed by atoms with Gasteiger partial charge in [0, 0.05) is 17.5 Å². The van der Waals surface area contributed by atoms with E-state index in [1.807, 2.05) is 12.3 Å². The van der Waals surface area contributed by atoms with Crippen LogP contribution in [0.3, 0.4) is 0 Å². The fourth-order valence-corrected chi connectivity index (χ4v) is 2.34. The predicted octanol–water partition coefficient (Wildman–Crippen LogP) is 2.90. The molecule has 0 aliphatic carbocycles. The summed E-state index contributed by atoms with van der Waals surface area (Å²) in [6.45, 7) is 0. The van der Waals surface area contributed by atoms with E-state index >= 15 is 0 Å². The number of carboxylic acids is 1. The van der Waals surface area contributed by atoms with Gasteiger partial charge in [-0.1, -0.05) is 12.1 Å². The number of anilines is 1. The SMILES string of the molecule is CSCc1cccc(C(=O)Nc2ncccc2C(=O)O)c1. The van der Waals surface area contributed by atoms with Gasteiger partial charge in [-0.25, -0.2) is 9.78 Å². The van der Waals surface area contributed by atoms with Gasteiger partial charge >= 0.3 is 5.97 Å². The maximum atomic E-state index is 12.2. The van der Waals surface area contributed by atoms with Crippen molar-refractivity contribution in [3.05, 3.63) is 59.3 Å². The highest BCUT2D eigenvalue weighted by Crippen LogP contribution is 2.15. The number of carbonyl (C=O) groups is 2. The molecule has 1 aromatic carbocycles. The number of nitrogens with one attached hydrogen (secondary N) is 1. The van der Waals surface area contributed by atoms with Gasteiger partial charge in [0.25, 0.3) is 5.91 Å². The number of amides is 1. The van der Waals surface area contributed by atoms with E-state index in [2.05, 4.69) is 10.3 Å². The van der Waals surface area contributed by atoms with Crippen LogP contribution in [0.2, 0.25) is 0 Å². The van der Waals surface area contributed by atoms with Gasteiger partial charge in [0.1, 0.15) is 11.4 Å². The van der Waals surface area contributed by atoms with E-state index in [9.17, 15) is 9.59 Å². The minimum atomic E-state index is -1.13. The van der Waals surface area contributed by atoms with Gasteiger partial charge in [0.15, 0.2) is 0 Å². The fourth-order valence-electron chi connectivity index (χ4n) is 1.83. The van der Waals surface area contributed by atoms with Crippen molar-refractivity contribution in [2.24, 2.45) is 0 Å². The minimum Gasteiger partial charge on any atom is -0.478 e. The van der Waals surface area contributed by atoms with Gasteiger partial charge in [-0.2, -0.15) is 11.8 Å². The summed E-state index contributed by atoms with van der Waals surface area (Å²) in [5, 5.41) is 11.6. The Kier molecular flexibility index (Phi) is 4.94. The van der Waals surface area contributed by atoms with E-state index in [1.54, 1.807) is 30.0 Å². The van der Waals surface area contributed by atoms with Crippen molar-refractivity contribution in [1.29, 1.82) is 0 Å². The summed E-state index contributed by atoms with van der Waals surface area (Å²) in [6.07, 6.45) is 3.42. The smallest absolute Gasteiger partial charge is 0.339 e. The number of carboxylic acid groups (broad SMARTS) is 1. The molecule has 0 bridgehead atoms. The Bertz CT molecular complexity index is 673. The van der Waals surface area contributed by atoms with Gasteiger partial charge in [0.2, 0.25) is 0 Å². The number of rotatable bonds is 5. The molecule has 0 spiro atoms. The molecular formula is C15H14N2O3S. The molecule has 6 heteroatoms. The molecule has 2 aromatic rings. The first-order valence-corrected chi connectivity index (χ1v) is 7.58. The van der Waals surface area contributed by atoms with Crippen LogP contribution in [-0.4, -0.2) is 28.2 Å². The number of nitrogens with zero attached hydrogens (tertiary/aromatic N) is 1. The highest BCUT2D eigenvalue weighted by molar-refractivity contribution is 7.97. The second kappa shape index (κ2) is 6.90. The van der Waals surface area contributed by atoms with Crippen molar-refractivity contribution in [1.82, 2.24) is 4.98 Å². The number of hydrogen-bond acceptors (Lipinski definition) is 4. The predicted molar refractivity (Wildman–Crippen MR) is 82.8 cm³/mol. The first-order valence-electron chi connectivity index (χ1n) is 6.19. The van der Waals surface area contributed by atoms with E-state index in [4.69, 9.17) is 5.11 Å². The van der Waals surface area contributed by atoms with Crippen LogP contribution >= 0.6 is 11.8 Å². The second-order valence-corrected chi connectivity index (χ2v) is 5.16. The van der Waals surface area contributed by atoms with Gasteiger partial charge in [-0.05, 0) is 36.1 Å². The maximum Gasteiger partial charge on any atom is 0.339 e. The second-order valence-electron chi connectivity index (χ2n) is 4.29. The number of carbonyl (C=O) groups excluding carboxylic acids is 1. The van der Waals surface area contributed by atoms with Crippen LogP contribution in [0.25, 0.3) is 0 Å². The third-order valence-corrected chi connectivity index (χ3v) is 3.39. The normalized spacial score (nSPS) is 10.1. The third-order valence-electron chi connectivity index (χ3n) is 2.77. The van der Waals surface area contributed by atoms with Gasteiger partial charge in [0.05, 0.1) is 0 Å². The molecule has 0 radical (unpaired) electrons. The first kappa shape index (κ1) is 15.1. The molecule has 1 aromatic heterocycles. The summed E-state index contributed by atoms with van der Waals surface area (Å²) in [7, 11) is 0. The zero-order valence-electron chi connectivity index (χ0n) is 11.4. The summed E-state index contributed by atoms with van der Waals surface area (Å²) >= 11 is 1.66. The van der Waals surface area contributed by atoms with Crippen LogP contribution in [0, 0.1) is 0 Å². The zero-order valence-corrected chi connectivity index (χ0v) is 12.2. The van der Waals surface area contributed by atoms with Gasteiger partial charge in [-0.15, -0.1) is 0 Å². The Morgan fingerprint density at radius 2 is 2.10 bits per heavy atom. The summed E-state index contributed by atoms with van der Waals surface area (Å²) < 4.78 is 0. The van der Waals surface area contributed by atoms with Crippen molar-refractivity contribution in [2.45, 2.75) is 5.75 Å². The number of aromatic carboxylic acids is 1. The molecule has 2 N–H and O–H groups in total. The average Bonchev–Trinajstić information content (AvgIpc) is 2.48. The molecular weight excluding hydrogens is 288 g/mol. The number of pyridine rings is 1. The lowest BCUT2D eigenvalue weighted by Gasteiger charge is -2.08. The van der Waals surface area contributed by atoms with Crippen LogP contribution in [-0.2, 0) is 5.75 Å². The fraction of sp³-hybridized carbons (Fsp3) is 0.133. The van der Waals surface area contributed by atoms with E-state index in [-0.39, 0.29) is 17.3 Å². The lowest BCUT2D eigenvalue weighted by Crippen LogP contribution is -2.16. The average molecular weight is 302 g/mol. The number of benzene rings is 1. The molecule has 0 saturated carbocycles. The van der Waals surface area contributed by atoms with E-state index < -0.39 is 5.97 Å². The highest BCUT2D eigenvalue weighted by atomic mass is 32.2. The van der Waals surface area contributed by atoms with Crippen LogP contribution in [0.5, 0.6) is 0 Å². The largest absolute Gasteiger partial charge is 0.478 e. The Morgan fingerprint density at radius 1 is 1.29 bits per heavy atom. The molecule has 0 aliphatic rings. The Labute approximate surface area is 126 Å². The zero-order chi connectivity index (χ0) is 15.2. The van der Waals surface area contributed by atoms with E-state index in [0.29, 0.717) is 5.56 Å². The number of aromatic nitrogens is 1. The van der Waals surface area contributed by atoms with Crippen LogP contribution in [0.15, 0.2) is 42.6 Å². The van der Waals surface area contributed by atoms with Crippen molar-refractivity contribution < 1.29 is 14.7 Å². The summed E-state index contributed by atoms with van der Waals surface area (Å²) in [5.74, 6) is -0.649. The first-order chi connectivity index (χ1) is 10.1. The Balaban J connectivity index is 2.22. The molecule has 0 unspecified atom stereocenters. The number of thioether (sulfide) groups is 1. The minimum absolute atomic E-state index is 0.0360. The van der Waals surface area contributed by atoms with Crippen molar-refractivity contribution in [2.75, 3.05) is 11.6 Å². The van der Waals surface area contributed by atoms with Gasteiger partial charge < -0.3 is 10.4 Å². The summed E-state index contributed by atoms with van der Waals surface area (Å²) in [4.78, 5) is 27.2. The van der Waals surface area contributed by atoms with Crippen LogP contribution < -0.4 is 5.32 Å². The molecule has 21 heavy (non-hydrogen) atoms. The molecule has 0 fully saturated rings. The Hall–Kier alpha value is -2.34. The van der Waals surface area contributed by atoms with Crippen molar-refractivity contribution >= 4 is 29.5 Å². The van der Waals surface area contributed by atoms with Crippen molar-refractivity contribution in [3.8, 4) is 0 Å². The Morgan fingerprint density at radius 3 is 2.81 bits per heavy atom. The van der Waals surface area contributed by atoms with Crippen molar-refractivity contribution in [3.63, 3.8) is 0 Å². The lowest BCUT2D eigenvalue weighted by molar-refractivity contribution is 0.0697. The molecule has 5 nitrogen and oxygen atoms in total. The molecule has 1 amide bonds. The number of hydrogen-bond donors (Lipinski definition) is 2. The standard InChI is InChI=1S/C15H14N2O3S/c1-21-9-10-4-2-5-11(8-10)14(18)17-13-12(15(19)20)6-3-7-16-13/h2-8H,9H2,1H3,(H,19,20)(H,16,17,18). The summed E-state index contributed by atoms with van der Waals surface area (Å²) in [6, 6.07) is 10.1. The molecule has 0 atom stereocenters. The summed E-state index contributed by atoms with van der Waals surface area (Å²) in [5.41, 5.74) is 1.48. The molecule has 1 heterocycles. The third kappa shape index (κ3) is 3.82. The van der Waals surface area contributed by atoms with Gasteiger partial charge in [-0.3, -0.25) is 4.79 Å². The topological polar surface area (TPSA) is 79.3 Å². The molecule has 2 rings (SSSR count). The lowest BCUT2D eigenvalue weighted by atomic mass is 10.1. The van der Waals surface area contributed by atoms with E-state index in [0.717, 1.165) is 11.3 Å². The maximum absolute atomic E-state index is 12.2. The monoisotopic (exact) mass is 302 g/mol. The van der Waals surface area contributed by atoms with Crippen LogP contribution in [0.1, 0.15) is 26.3 Å². The van der Waals surface area contributed by atoms with Crippen LogP contribution in [0.4, 0.5) is 5.82 Å². The van der Waals surface area contributed by atoms with E-state index in [1.165, 1.54) is 18.3 Å².